The summed E-state index contributed by atoms with van der Waals surface area (Å²) in [6.45, 7) is 7.61. The Morgan fingerprint density at radius 3 is 2.68 bits per heavy atom. The Kier molecular flexibility index (Phi) is 3.95. The molecule has 1 unspecified atom stereocenters. The van der Waals surface area contributed by atoms with E-state index < -0.39 is 5.41 Å². The van der Waals surface area contributed by atoms with Gasteiger partial charge in [0.15, 0.2) is 0 Å². The maximum atomic E-state index is 12.8. The lowest BCUT2D eigenvalue weighted by atomic mass is 9.80. The van der Waals surface area contributed by atoms with Crippen LogP contribution in [0.3, 0.4) is 0 Å². The molecular formula is C16H24N2O. The molecule has 1 aromatic rings. The third-order valence-corrected chi connectivity index (χ3v) is 4.10. The van der Waals surface area contributed by atoms with E-state index >= 15 is 0 Å². The Morgan fingerprint density at radius 1 is 1.37 bits per heavy atom. The van der Waals surface area contributed by atoms with E-state index in [0.29, 0.717) is 6.54 Å². The van der Waals surface area contributed by atoms with E-state index in [-0.39, 0.29) is 11.9 Å². The summed E-state index contributed by atoms with van der Waals surface area (Å²) >= 11 is 0. The topological polar surface area (TPSA) is 46.3 Å². The molecule has 1 aromatic carbocycles. The average Bonchev–Trinajstić information content (AvgIpc) is 2.38. The maximum absolute atomic E-state index is 12.8. The van der Waals surface area contributed by atoms with Gasteiger partial charge in [0.25, 0.3) is 0 Å². The van der Waals surface area contributed by atoms with Crippen LogP contribution in [0.15, 0.2) is 24.3 Å². The third-order valence-electron chi connectivity index (χ3n) is 4.10. The lowest BCUT2D eigenvalue weighted by Crippen LogP contribution is -2.51. The molecule has 2 rings (SSSR count). The van der Waals surface area contributed by atoms with Crippen molar-refractivity contribution in [3.05, 3.63) is 35.4 Å². The number of nitrogens with two attached hydrogens (primary N) is 1. The number of carbonyl (C=O) groups excluding carboxylic acids is 1. The summed E-state index contributed by atoms with van der Waals surface area (Å²) in [5.41, 5.74) is 7.78. The highest BCUT2D eigenvalue weighted by Gasteiger charge is 2.36. The molecule has 0 bridgehead atoms. The number of amides is 1. The molecule has 3 heteroatoms. The fraction of sp³-hybridized carbons (Fsp3) is 0.562. The number of hydrogen-bond acceptors (Lipinski definition) is 2. The monoisotopic (exact) mass is 260 g/mol. The Labute approximate surface area is 115 Å². The van der Waals surface area contributed by atoms with Crippen molar-refractivity contribution in [1.29, 1.82) is 0 Å². The summed E-state index contributed by atoms with van der Waals surface area (Å²) in [6.07, 6.45) is 2.03. The molecule has 1 atom stereocenters. The van der Waals surface area contributed by atoms with E-state index in [9.17, 15) is 4.79 Å². The van der Waals surface area contributed by atoms with E-state index in [1.165, 1.54) is 5.56 Å². The van der Waals surface area contributed by atoms with E-state index in [1.807, 2.05) is 30.9 Å². The zero-order valence-electron chi connectivity index (χ0n) is 12.1. The number of carbonyl (C=O) groups is 1. The summed E-state index contributed by atoms with van der Waals surface area (Å²) in [7, 11) is 0. The van der Waals surface area contributed by atoms with Crippen LogP contribution in [0.4, 0.5) is 0 Å². The number of benzene rings is 1. The molecule has 0 aromatic heterocycles. The molecule has 0 radical (unpaired) electrons. The second-order valence-corrected chi connectivity index (χ2v) is 6.09. The minimum Gasteiger partial charge on any atom is -0.340 e. The minimum absolute atomic E-state index is 0.130. The summed E-state index contributed by atoms with van der Waals surface area (Å²) in [5.74, 6) is 0.192. The van der Waals surface area contributed by atoms with E-state index in [4.69, 9.17) is 5.73 Å². The van der Waals surface area contributed by atoms with Gasteiger partial charge in [-0.1, -0.05) is 24.3 Å². The number of piperidine rings is 1. The van der Waals surface area contributed by atoms with Gasteiger partial charge in [-0.2, -0.15) is 0 Å². The molecule has 0 spiro atoms. The van der Waals surface area contributed by atoms with E-state index in [0.717, 1.165) is 24.9 Å². The molecule has 0 aliphatic carbocycles. The van der Waals surface area contributed by atoms with Gasteiger partial charge in [-0.05, 0) is 44.7 Å². The molecule has 0 saturated carbocycles. The van der Waals surface area contributed by atoms with Gasteiger partial charge in [-0.3, -0.25) is 4.79 Å². The molecule has 1 aliphatic rings. The van der Waals surface area contributed by atoms with E-state index in [1.54, 1.807) is 0 Å². The van der Waals surface area contributed by atoms with Gasteiger partial charge >= 0.3 is 0 Å². The summed E-state index contributed by atoms with van der Waals surface area (Å²) in [5, 5.41) is 0. The quantitative estimate of drug-likeness (QED) is 0.886. The van der Waals surface area contributed by atoms with Crippen molar-refractivity contribution in [3.8, 4) is 0 Å². The van der Waals surface area contributed by atoms with Gasteiger partial charge in [-0.15, -0.1) is 0 Å². The first-order valence-electron chi connectivity index (χ1n) is 7.04. The van der Waals surface area contributed by atoms with Crippen molar-refractivity contribution in [3.63, 3.8) is 0 Å². The van der Waals surface area contributed by atoms with E-state index in [2.05, 4.69) is 19.1 Å². The van der Waals surface area contributed by atoms with Crippen molar-refractivity contribution in [2.24, 2.45) is 5.73 Å². The summed E-state index contributed by atoms with van der Waals surface area (Å²) in [4.78, 5) is 14.7. The number of hydrogen-bond donors (Lipinski definition) is 1. The maximum Gasteiger partial charge on any atom is 0.232 e. The Bertz CT molecular complexity index is 468. The van der Waals surface area contributed by atoms with Crippen LogP contribution < -0.4 is 5.73 Å². The SMILES string of the molecule is Cc1ccccc1C(C)(C)C(=O)N1CCCC(N)C1. The molecule has 2 N–H and O–H groups in total. The van der Waals surface area contributed by atoms with Crippen LogP contribution in [0.1, 0.15) is 37.8 Å². The molecule has 1 fully saturated rings. The normalized spacial score (nSPS) is 20.4. The van der Waals surface area contributed by atoms with Gasteiger partial charge in [0.1, 0.15) is 0 Å². The first-order valence-corrected chi connectivity index (χ1v) is 7.04. The fourth-order valence-corrected chi connectivity index (χ4v) is 2.98. The second kappa shape index (κ2) is 5.33. The van der Waals surface area contributed by atoms with Gasteiger partial charge in [0, 0.05) is 19.1 Å². The van der Waals surface area contributed by atoms with Crippen LogP contribution >= 0.6 is 0 Å². The lowest BCUT2D eigenvalue weighted by molar-refractivity contribution is -0.137. The van der Waals surface area contributed by atoms with Gasteiger partial charge < -0.3 is 10.6 Å². The highest BCUT2D eigenvalue weighted by atomic mass is 16.2. The van der Waals surface area contributed by atoms with Crippen molar-refractivity contribution in [2.45, 2.75) is 45.1 Å². The Hall–Kier alpha value is -1.35. The molecule has 1 heterocycles. The first-order chi connectivity index (χ1) is 8.93. The molecular weight excluding hydrogens is 236 g/mol. The number of aryl methyl sites for hydroxylation is 1. The largest absolute Gasteiger partial charge is 0.340 e. The van der Waals surface area contributed by atoms with Crippen LogP contribution in [-0.4, -0.2) is 29.9 Å². The van der Waals surface area contributed by atoms with Crippen molar-refractivity contribution >= 4 is 5.91 Å². The fourth-order valence-electron chi connectivity index (χ4n) is 2.98. The van der Waals surface area contributed by atoms with Crippen molar-refractivity contribution in [1.82, 2.24) is 4.90 Å². The predicted octanol–water partition coefficient (Wildman–Crippen LogP) is 2.22. The molecule has 1 saturated heterocycles. The predicted molar refractivity (Wildman–Crippen MR) is 78.0 cm³/mol. The van der Waals surface area contributed by atoms with Gasteiger partial charge in [0.05, 0.1) is 5.41 Å². The van der Waals surface area contributed by atoms with Gasteiger partial charge in [-0.25, -0.2) is 0 Å². The number of nitrogens with zero attached hydrogens (tertiary/aromatic N) is 1. The Balaban J connectivity index is 2.24. The molecule has 1 amide bonds. The number of likely N-dealkylation sites (tertiary alicyclic amines) is 1. The van der Waals surface area contributed by atoms with Crippen LogP contribution in [-0.2, 0) is 10.2 Å². The van der Waals surface area contributed by atoms with Crippen LogP contribution in [0, 0.1) is 6.92 Å². The summed E-state index contributed by atoms with van der Waals surface area (Å²) < 4.78 is 0. The minimum atomic E-state index is -0.484. The second-order valence-electron chi connectivity index (χ2n) is 6.09. The van der Waals surface area contributed by atoms with Crippen molar-refractivity contribution < 1.29 is 4.79 Å². The highest BCUT2D eigenvalue weighted by Crippen LogP contribution is 2.29. The first kappa shape index (κ1) is 14.1. The average molecular weight is 260 g/mol. The zero-order valence-corrected chi connectivity index (χ0v) is 12.1. The Morgan fingerprint density at radius 2 is 2.05 bits per heavy atom. The third kappa shape index (κ3) is 2.81. The standard InChI is InChI=1S/C16H24N2O/c1-12-7-4-5-9-14(12)16(2,3)15(19)18-10-6-8-13(17)11-18/h4-5,7,9,13H,6,8,10-11,17H2,1-3H3. The smallest absolute Gasteiger partial charge is 0.232 e. The highest BCUT2D eigenvalue weighted by molar-refractivity contribution is 5.88. The van der Waals surface area contributed by atoms with Gasteiger partial charge in [0.2, 0.25) is 5.91 Å². The number of rotatable bonds is 2. The molecule has 3 nitrogen and oxygen atoms in total. The van der Waals surface area contributed by atoms with Crippen LogP contribution in [0.2, 0.25) is 0 Å². The van der Waals surface area contributed by atoms with Crippen LogP contribution in [0.25, 0.3) is 0 Å². The lowest BCUT2D eigenvalue weighted by Gasteiger charge is -2.37. The zero-order chi connectivity index (χ0) is 14.0. The summed E-state index contributed by atoms with van der Waals surface area (Å²) in [6, 6.07) is 8.25. The molecule has 1 aliphatic heterocycles. The molecule has 19 heavy (non-hydrogen) atoms. The molecule has 104 valence electrons. The van der Waals surface area contributed by atoms with Crippen LogP contribution in [0.5, 0.6) is 0 Å². The van der Waals surface area contributed by atoms with Crippen molar-refractivity contribution in [2.75, 3.05) is 13.1 Å².